The van der Waals surface area contributed by atoms with Crippen LogP contribution in [0.25, 0.3) is 0 Å². The molecule has 138 valence electrons. The van der Waals surface area contributed by atoms with Crippen molar-refractivity contribution in [3.63, 3.8) is 0 Å². The van der Waals surface area contributed by atoms with Crippen LogP contribution in [0.1, 0.15) is 48.9 Å². The van der Waals surface area contributed by atoms with Crippen molar-refractivity contribution in [1.82, 2.24) is 15.5 Å². The van der Waals surface area contributed by atoms with E-state index in [9.17, 15) is 9.59 Å². The van der Waals surface area contributed by atoms with Gasteiger partial charge in [-0.3, -0.25) is 4.79 Å². The van der Waals surface area contributed by atoms with Gasteiger partial charge < -0.3 is 20.0 Å². The number of carbonyl (C=O) groups is 2. The SMILES string of the molecule is Cc1ccc(C(C)NC(=O)NC(CN2CCCC2=O)c2ccccc2)o1. The number of likely N-dealkylation sites (tertiary alicyclic amines) is 1. The summed E-state index contributed by atoms with van der Waals surface area (Å²) in [5.74, 6) is 1.67. The van der Waals surface area contributed by atoms with E-state index in [0.29, 0.717) is 18.7 Å². The van der Waals surface area contributed by atoms with E-state index in [-0.39, 0.29) is 24.0 Å². The second kappa shape index (κ2) is 8.08. The Hall–Kier alpha value is -2.76. The number of hydrogen-bond acceptors (Lipinski definition) is 3. The van der Waals surface area contributed by atoms with Crippen LogP contribution in [0, 0.1) is 6.92 Å². The van der Waals surface area contributed by atoms with E-state index in [1.807, 2.05) is 61.2 Å². The fraction of sp³-hybridized carbons (Fsp3) is 0.400. The van der Waals surface area contributed by atoms with Crippen LogP contribution in [0.5, 0.6) is 0 Å². The maximum atomic E-state index is 12.5. The van der Waals surface area contributed by atoms with Crippen molar-refractivity contribution >= 4 is 11.9 Å². The maximum Gasteiger partial charge on any atom is 0.315 e. The van der Waals surface area contributed by atoms with Crippen molar-refractivity contribution in [3.8, 4) is 0 Å². The standard InChI is InChI=1S/C20H25N3O3/c1-14-10-11-18(26-14)15(2)21-20(25)22-17(16-7-4-3-5-8-16)13-23-12-6-9-19(23)24/h3-5,7-8,10-11,15,17H,6,9,12-13H2,1-2H3,(H2,21,22,25). The van der Waals surface area contributed by atoms with Gasteiger partial charge in [-0.25, -0.2) is 4.79 Å². The second-order valence-corrected chi connectivity index (χ2v) is 6.69. The van der Waals surface area contributed by atoms with E-state index in [1.54, 1.807) is 0 Å². The minimum atomic E-state index is -0.285. The zero-order valence-corrected chi connectivity index (χ0v) is 15.2. The second-order valence-electron chi connectivity index (χ2n) is 6.69. The van der Waals surface area contributed by atoms with Crippen molar-refractivity contribution in [3.05, 3.63) is 59.5 Å². The summed E-state index contributed by atoms with van der Waals surface area (Å²) in [6.45, 7) is 4.96. The molecule has 0 bridgehead atoms. The lowest BCUT2D eigenvalue weighted by molar-refractivity contribution is -0.128. The van der Waals surface area contributed by atoms with Crippen LogP contribution in [0.4, 0.5) is 4.79 Å². The Morgan fingerprint density at radius 3 is 2.58 bits per heavy atom. The van der Waals surface area contributed by atoms with Crippen LogP contribution < -0.4 is 10.6 Å². The average molecular weight is 355 g/mol. The number of benzene rings is 1. The number of furan rings is 1. The zero-order chi connectivity index (χ0) is 18.5. The van der Waals surface area contributed by atoms with Gasteiger partial charge in [0.25, 0.3) is 0 Å². The molecule has 2 atom stereocenters. The summed E-state index contributed by atoms with van der Waals surface area (Å²) in [6.07, 6.45) is 1.46. The van der Waals surface area contributed by atoms with Gasteiger partial charge in [-0.15, -0.1) is 0 Å². The van der Waals surface area contributed by atoms with Gasteiger partial charge in [0.2, 0.25) is 5.91 Å². The molecular weight excluding hydrogens is 330 g/mol. The Bertz CT molecular complexity index is 757. The maximum absolute atomic E-state index is 12.5. The number of amides is 3. The number of urea groups is 1. The number of nitrogens with one attached hydrogen (secondary N) is 2. The molecule has 0 spiro atoms. The Kier molecular flexibility index (Phi) is 5.61. The predicted octanol–water partition coefficient (Wildman–Crippen LogP) is 3.31. The van der Waals surface area contributed by atoms with Crippen LogP contribution in [-0.2, 0) is 4.79 Å². The molecule has 0 aliphatic carbocycles. The predicted molar refractivity (Wildman–Crippen MR) is 98.5 cm³/mol. The lowest BCUT2D eigenvalue weighted by Crippen LogP contribution is -2.43. The topological polar surface area (TPSA) is 74.6 Å². The average Bonchev–Trinajstić information content (AvgIpc) is 3.24. The Balaban J connectivity index is 1.66. The molecule has 2 unspecified atom stereocenters. The summed E-state index contributed by atoms with van der Waals surface area (Å²) < 4.78 is 5.56. The number of hydrogen-bond donors (Lipinski definition) is 2. The van der Waals surface area contributed by atoms with Crippen LogP contribution >= 0.6 is 0 Å². The van der Waals surface area contributed by atoms with Gasteiger partial charge in [-0.1, -0.05) is 30.3 Å². The molecule has 2 aromatic rings. The lowest BCUT2D eigenvalue weighted by atomic mass is 10.1. The minimum Gasteiger partial charge on any atom is -0.464 e. The highest BCUT2D eigenvalue weighted by atomic mass is 16.3. The van der Waals surface area contributed by atoms with Crippen molar-refractivity contribution < 1.29 is 14.0 Å². The summed E-state index contributed by atoms with van der Waals surface area (Å²) in [7, 11) is 0. The zero-order valence-electron chi connectivity index (χ0n) is 15.2. The van der Waals surface area contributed by atoms with Crippen LogP contribution in [0.2, 0.25) is 0 Å². The first-order valence-electron chi connectivity index (χ1n) is 8.99. The quantitative estimate of drug-likeness (QED) is 0.835. The highest BCUT2D eigenvalue weighted by molar-refractivity contribution is 5.78. The van der Waals surface area contributed by atoms with E-state index in [1.165, 1.54) is 0 Å². The smallest absolute Gasteiger partial charge is 0.315 e. The number of carbonyl (C=O) groups excluding carboxylic acids is 2. The number of aryl methyl sites for hydroxylation is 1. The first-order valence-corrected chi connectivity index (χ1v) is 8.99. The molecule has 26 heavy (non-hydrogen) atoms. The summed E-state index contributed by atoms with van der Waals surface area (Å²) in [5.41, 5.74) is 0.976. The van der Waals surface area contributed by atoms with Gasteiger partial charge in [0.1, 0.15) is 11.5 Å². The molecule has 2 heterocycles. The van der Waals surface area contributed by atoms with Gasteiger partial charge in [-0.05, 0) is 38.0 Å². The third-order valence-electron chi connectivity index (χ3n) is 4.62. The molecule has 3 rings (SSSR count). The van der Waals surface area contributed by atoms with Crippen molar-refractivity contribution in [2.24, 2.45) is 0 Å². The first-order chi connectivity index (χ1) is 12.5. The van der Waals surface area contributed by atoms with E-state index >= 15 is 0 Å². The number of nitrogens with zero attached hydrogens (tertiary/aromatic N) is 1. The molecule has 1 fully saturated rings. The molecular formula is C20H25N3O3. The Morgan fingerprint density at radius 1 is 1.19 bits per heavy atom. The Morgan fingerprint density at radius 2 is 1.96 bits per heavy atom. The summed E-state index contributed by atoms with van der Waals surface area (Å²) in [6, 6.07) is 12.7. The van der Waals surface area contributed by atoms with E-state index in [2.05, 4.69) is 10.6 Å². The molecule has 1 aliphatic heterocycles. The molecule has 0 saturated carbocycles. The molecule has 0 radical (unpaired) electrons. The first kappa shape index (κ1) is 18.0. The van der Waals surface area contributed by atoms with Crippen LogP contribution in [-0.4, -0.2) is 29.9 Å². The summed E-state index contributed by atoms with van der Waals surface area (Å²) in [5, 5.41) is 5.90. The number of rotatable bonds is 6. The molecule has 6 nitrogen and oxygen atoms in total. The fourth-order valence-corrected chi connectivity index (χ4v) is 3.19. The molecule has 1 aromatic carbocycles. The highest BCUT2D eigenvalue weighted by Crippen LogP contribution is 2.19. The van der Waals surface area contributed by atoms with E-state index < -0.39 is 0 Å². The van der Waals surface area contributed by atoms with Crippen molar-refractivity contribution in [2.45, 2.75) is 38.8 Å². The molecule has 6 heteroatoms. The lowest BCUT2D eigenvalue weighted by Gasteiger charge is -2.26. The largest absolute Gasteiger partial charge is 0.464 e. The fourth-order valence-electron chi connectivity index (χ4n) is 3.19. The van der Waals surface area contributed by atoms with Crippen LogP contribution in [0.15, 0.2) is 46.9 Å². The van der Waals surface area contributed by atoms with Crippen molar-refractivity contribution in [2.75, 3.05) is 13.1 Å². The summed E-state index contributed by atoms with van der Waals surface area (Å²) in [4.78, 5) is 26.3. The molecule has 1 saturated heterocycles. The Labute approximate surface area is 153 Å². The normalized spacial score (nSPS) is 16.4. The van der Waals surface area contributed by atoms with Gasteiger partial charge >= 0.3 is 6.03 Å². The van der Waals surface area contributed by atoms with Gasteiger partial charge in [0.15, 0.2) is 0 Å². The van der Waals surface area contributed by atoms with Gasteiger partial charge in [0, 0.05) is 19.5 Å². The molecule has 1 aromatic heterocycles. The highest BCUT2D eigenvalue weighted by Gasteiger charge is 2.25. The van der Waals surface area contributed by atoms with Crippen LogP contribution in [0.3, 0.4) is 0 Å². The minimum absolute atomic E-state index is 0.146. The van der Waals surface area contributed by atoms with Gasteiger partial charge in [-0.2, -0.15) is 0 Å². The third kappa shape index (κ3) is 4.45. The summed E-state index contributed by atoms with van der Waals surface area (Å²) >= 11 is 0. The van der Waals surface area contributed by atoms with E-state index in [4.69, 9.17) is 4.42 Å². The van der Waals surface area contributed by atoms with Crippen molar-refractivity contribution in [1.29, 1.82) is 0 Å². The van der Waals surface area contributed by atoms with E-state index in [0.717, 1.165) is 24.3 Å². The monoisotopic (exact) mass is 355 g/mol. The molecule has 1 aliphatic rings. The molecule has 2 N–H and O–H groups in total. The molecule has 3 amide bonds. The van der Waals surface area contributed by atoms with Gasteiger partial charge in [0.05, 0.1) is 12.1 Å². The third-order valence-corrected chi connectivity index (χ3v) is 4.62.